The third kappa shape index (κ3) is 4.87. The van der Waals surface area contributed by atoms with Crippen LogP contribution in [-0.2, 0) is 21.1 Å². The van der Waals surface area contributed by atoms with Crippen molar-refractivity contribution in [2.24, 2.45) is 0 Å². The first kappa shape index (κ1) is 31.2. The standard InChI is InChI=1S/C45H30N4O.Pt/c1-27-21-28(2)43(29(3)22-27)42-25-46-44-37-23-31(18-20-34(37)36-14-8-10-16-41(36)49(42)44)50-32-17-19-33-35-13-7-9-15-40(35)48-26-39(30-11-5-4-6-12-30)47-45(48)38(33)24-32;/h4-22,25-26H,1-3H3;/q-2;+2. The van der Waals surface area contributed by atoms with Crippen molar-refractivity contribution in [1.82, 2.24) is 18.8 Å². The van der Waals surface area contributed by atoms with E-state index in [2.05, 4.69) is 133 Å². The quantitative estimate of drug-likeness (QED) is 0.131. The first-order valence-electron chi connectivity index (χ1n) is 16.8. The first-order chi connectivity index (χ1) is 24.5. The van der Waals surface area contributed by atoms with Crippen LogP contribution in [0.4, 0.5) is 0 Å². The molecule has 0 saturated carbocycles. The van der Waals surface area contributed by atoms with Crippen LogP contribution in [0.2, 0.25) is 0 Å². The van der Waals surface area contributed by atoms with E-state index in [0.29, 0.717) is 11.5 Å². The summed E-state index contributed by atoms with van der Waals surface area (Å²) in [6.07, 6.45) is 4.10. The number of fused-ring (bicyclic) bond motifs is 12. The molecule has 10 aromatic rings. The fraction of sp³-hybridized carbons (Fsp3) is 0.0667. The van der Waals surface area contributed by atoms with Gasteiger partial charge in [0.05, 0.1) is 22.7 Å². The predicted molar refractivity (Wildman–Crippen MR) is 203 cm³/mol. The molecule has 4 aromatic heterocycles. The van der Waals surface area contributed by atoms with E-state index in [1.165, 1.54) is 22.3 Å². The Kier molecular flexibility index (Phi) is 7.31. The molecular weight excluding hydrogens is 808 g/mol. The number of nitrogens with zero attached hydrogens (tertiary/aromatic N) is 4. The molecule has 0 aliphatic rings. The van der Waals surface area contributed by atoms with Crippen molar-refractivity contribution in [3.05, 3.63) is 156 Å². The molecule has 0 aliphatic heterocycles. The second-order valence-electron chi connectivity index (χ2n) is 13.1. The fourth-order valence-corrected chi connectivity index (χ4v) is 7.82. The zero-order valence-corrected chi connectivity index (χ0v) is 30.4. The van der Waals surface area contributed by atoms with Crippen LogP contribution < -0.4 is 4.74 Å². The number of ether oxygens (including phenoxy) is 1. The van der Waals surface area contributed by atoms with E-state index in [9.17, 15) is 0 Å². The number of pyridine rings is 2. The van der Waals surface area contributed by atoms with Gasteiger partial charge in [-0.3, -0.25) is 9.97 Å². The third-order valence-corrected chi connectivity index (χ3v) is 9.86. The van der Waals surface area contributed by atoms with Crippen LogP contribution >= 0.6 is 0 Å². The van der Waals surface area contributed by atoms with E-state index in [-0.39, 0.29) is 21.1 Å². The molecule has 0 atom stereocenters. The Balaban J connectivity index is 0.00000348. The molecule has 6 heteroatoms. The maximum Gasteiger partial charge on any atom is 2.00 e. The SMILES string of the molecule is Cc1cc(C)c(-c2cnc3c4[c-]c(Oc5[c-]c6c(cc5)c5ccccc5n5cc(-c7ccccc7)nc65)ccc4c4ccccc4n23)c(C)c1.[Pt+2]. The van der Waals surface area contributed by atoms with Gasteiger partial charge in [0.1, 0.15) is 0 Å². The van der Waals surface area contributed by atoms with E-state index >= 15 is 0 Å². The number of para-hydroxylation sites is 2. The van der Waals surface area contributed by atoms with Gasteiger partial charge in [-0.25, -0.2) is 0 Å². The second-order valence-corrected chi connectivity index (χ2v) is 13.1. The van der Waals surface area contributed by atoms with Crippen molar-refractivity contribution in [1.29, 1.82) is 0 Å². The van der Waals surface area contributed by atoms with Gasteiger partial charge < -0.3 is 13.5 Å². The smallest absolute Gasteiger partial charge is 0.497 e. The maximum absolute atomic E-state index is 6.57. The molecule has 0 amide bonds. The molecule has 4 heterocycles. The van der Waals surface area contributed by atoms with Gasteiger partial charge in [0, 0.05) is 46.1 Å². The number of hydrogen-bond donors (Lipinski definition) is 0. The molecule has 51 heavy (non-hydrogen) atoms. The van der Waals surface area contributed by atoms with E-state index in [1.54, 1.807) is 0 Å². The number of aryl methyl sites for hydroxylation is 3. The normalized spacial score (nSPS) is 11.7. The number of benzene rings is 6. The Morgan fingerprint density at radius 2 is 1.20 bits per heavy atom. The molecule has 5 nitrogen and oxygen atoms in total. The summed E-state index contributed by atoms with van der Waals surface area (Å²) in [6, 6.07) is 47.1. The number of imidazole rings is 2. The summed E-state index contributed by atoms with van der Waals surface area (Å²) in [7, 11) is 0. The molecule has 0 N–H and O–H groups in total. The Morgan fingerprint density at radius 1 is 0.608 bits per heavy atom. The van der Waals surface area contributed by atoms with Crippen LogP contribution in [0.1, 0.15) is 16.7 Å². The van der Waals surface area contributed by atoms with Crippen molar-refractivity contribution in [2.45, 2.75) is 20.8 Å². The van der Waals surface area contributed by atoms with Crippen LogP contribution in [0.25, 0.3) is 77.2 Å². The van der Waals surface area contributed by atoms with Crippen LogP contribution in [-0.4, -0.2) is 18.8 Å². The summed E-state index contributed by atoms with van der Waals surface area (Å²) in [5.74, 6) is 1.20. The molecule has 0 aliphatic carbocycles. The van der Waals surface area contributed by atoms with Gasteiger partial charge in [0.2, 0.25) is 0 Å². The molecule has 0 spiro atoms. The largest absolute Gasteiger partial charge is 2.00 e. The molecule has 10 rings (SSSR count). The minimum Gasteiger partial charge on any atom is -0.497 e. The van der Waals surface area contributed by atoms with Crippen molar-refractivity contribution >= 4 is 54.6 Å². The average Bonchev–Trinajstić information content (AvgIpc) is 3.78. The van der Waals surface area contributed by atoms with Gasteiger partial charge in [-0.2, -0.15) is 0 Å². The summed E-state index contributed by atoms with van der Waals surface area (Å²) in [4.78, 5) is 10.1. The topological polar surface area (TPSA) is 43.8 Å². The molecule has 0 fully saturated rings. The number of aromatic nitrogens is 4. The van der Waals surface area contributed by atoms with Gasteiger partial charge in [0.25, 0.3) is 0 Å². The van der Waals surface area contributed by atoms with Crippen LogP contribution in [0.15, 0.2) is 128 Å². The molecule has 0 bridgehead atoms. The molecule has 6 aromatic carbocycles. The van der Waals surface area contributed by atoms with E-state index in [0.717, 1.165) is 71.6 Å². The summed E-state index contributed by atoms with van der Waals surface area (Å²) in [5.41, 5.74) is 11.9. The number of rotatable bonds is 4. The van der Waals surface area contributed by atoms with Gasteiger partial charge in [0.15, 0.2) is 0 Å². The third-order valence-electron chi connectivity index (χ3n) is 9.86. The molecule has 0 saturated heterocycles. The summed E-state index contributed by atoms with van der Waals surface area (Å²) < 4.78 is 11.0. The molecule has 246 valence electrons. The van der Waals surface area contributed by atoms with Gasteiger partial charge in [-0.1, -0.05) is 130 Å². The van der Waals surface area contributed by atoms with Gasteiger partial charge >= 0.3 is 21.1 Å². The Morgan fingerprint density at radius 3 is 1.88 bits per heavy atom. The van der Waals surface area contributed by atoms with Crippen LogP contribution in [0, 0.1) is 32.9 Å². The summed E-state index contributed by atoms with van der Waals surface area (Å²) >= 11 is 0. The number of hydrogen-bond acceptors (Lipinski definition) is 3. The molecular formula is C45H30N4OPt. The Hall–Kier alpha value is -5.77. The summed E-state index contributed by atoms with van der Waals surface area (Å²) in [6.45, 7) is 6.50. The molecule has 0 radical (unpaired) electrons. The zero-order chi connectivity index (χ0) is 33.5. The zero-order valence-electron chi connectivity index (χ0n) is 28.1. The van der Waals surface area contributed by atoms with Gasteiger partial charge in [-0.05, 0) is 54.8 Å². The minimum absolute atomic E-state index is 0. The maximum atomic E-state index is 6.57. The average molecular weight is 838 g/mol. The van der Waals surface area contributed by atoms with Crippen LogP contribution in [0.5, 0.6) is 11.5 Å². The van der Waals surface area contributed by atoms with E-state index in [4.69, 9.17) is 14.7 Å². The minimum atomic E-state index is 0. The Bertz CT molecular complexity index is 2970. The van der Waals surface area contributed by atoms with Crippen LogP contribution in [0.3, 0.4) is 0 Å². The van der Waals surface area contributed by atoms with E-state index in [1.807, 2.05) is 36.5 Å². The first-order valence-corrected chi connectivity index (χ1v) is 16.8. The Labute approximate surface area is 309 Å². The van der Waals surface area contributed by atoms with Crippen molar-refractivity contribution in [2.75, 3.05) is 0 Å². The summed E-state index contributed by atoms with van der Waals surface area (Å²) in [5, 5.41) is 6.24. The monoisotopic (exact) mass is 837 g/mol. The fourth-order valence-electron chi connectivity index (χ4n) is 7.82. The van der Waals surface area contributed by atoms with Crippen molar-refractivity contribution in [3.8, 4) is 34.0 Å². The van der Waals surface area contributed by atoms with Gasteiger partial charge in [-0.15, -0.1) is 12.1 Å². The van der Waals surface area contributed by atoms with Crippen molar-refractivity contribution in [3.63, 3.8) is 0 Å². The predicted octanol–water partition coefficient (Wildman–Crippen LogP) is 11.2. The molecule has 0 unspecified atom stereocenters. The van der Waals surface area contributed by atoms with E-state index < -0.39 is 0 Å². The van der Waals surface area contributed by atoms with Crippen molar-refractivity contribution < 1.29 is 25.8 Å². The second kappa shape index (κ2) is 11.9.